The van der Waals surface area contributed by atoms with Crippen LogP contribution >= 0.6 is 22.9 Å². The maximum atomic E-state index is 6.10. The van der Waals surface area contributed by atoms with E-state index in [0.717, 1.165) is 27.6 Å². The van der Waals surface area contributed by atoms with E-state index in [0.29, 0.717) is 5.02 Å². The average Bonchev–Trinajstić information content (AvgIpc) is 2.58. The van der Waals surface area contributed by atoms with Crippen molar-refractivity contribution in [3.63, 3.8) is 0 Å². The third-order valence-electron chi connectivity index (χ3n) is 2.70. The molecular weight excluding hydrogens is 254 g/mol. The van der Waals surface area contributed by atoms with Crippen molar-refractivity contribution in [3.8, 4) is 16.3 Å². The highest BCUT2D eigenvalue weighted by atomic mass is 35.5. The van der Waals surface area contributed by atoms with Crippen LogP contribution in [0.5, 0.6) is 5.75 Å². The van der Waals surface area contributed by atoms with Gasteiger partial charge in [0.25, 0.3) is 0 Å². The molecule has 0 spiro atoms. The fourth-order valence-corrected chi connectivity index (χ4v) is 2.95. The van der Waals surface area contributed by atoms with E-state index in [1.807, 2.05) is 26.0 Å². The summed E-state index contributed by atoms with van der Waals surface area (Å²) in [6.07, 6.45) is 0. The molecule has 1 aromatic heterocycles. The minimum absolute atomic E-state index is 0.712. The Kier molecular flexibility index (Phi) is 3.40. The molecule has 0 unspecified atom stereocenters. The zero-order valence-electron chi connectivity index (χ0n) is 10.3. The lowest BCUT2D eigenvalue weighted by Crippen LogP contribution is -1.91. The minimum atomic E-state index is 0.712. The summed E-state index contributed by atoms with van der Waals surface area (Å²) < 4.78 is 5.44. The Balaban J connectivity index is 2.65. The highest BCUT2D eigenvalue weighted by molar-refractivity contribution is 7.15. The van der Waals surface area contributed by atoms with Gasteiger partial charge in [-0.3, -0.25) is 0 Å². The first kappa shape index (κ1) is 12.4. The molecule has 0 amide bonds. The van der Waals surface area contributed by atoms with Gasteiger partial charge in [-0.1, -0.05) is 11.6 Å². The summed E-state index contributed by atoms with van der Waals surface area (Å²) >= 11 is 7.76. The molecule has 0 aliphatic rings. The number of rotatable bonds is 2. The second kappa shape index (κ2) is 4.67. The van der Waals surface area contributed by atoms with Gasteiger partial charge in [0.2, 0.25) is 0 Å². The number of nitrogens with zero attached hydrogens (tertiary/aromatic N) is 1. The fourth-order valence-electron chi connectivity index (χ4n) is 1.75. The average molecular weight is 268 g/mol. The van der Waals surface area contributed by atoms with E-state index in [2.05, 4.69) is 11.9 Å². The van der Waals surface area contributed by atoms with Crippen molar-refractivity contribution in [2.75, 3.05) is 7.11 Å². The van der Waals surface area contributed by atoms with E-state index in [4.69, 9.17) is 16.3 Å². The van der Waals surface area contributed by atoms with Crippen LogP contribution in [-0.2, 0) is 0 Å². The molecule has 0 aliphatic heterocycles. The quantitative estimate of drug-likeness (QED) is 0.805. The standard InChI is InChI=1S/C13H14ClNOS/c1-7-5-10(14)6-11(12(7)16-4)13-15-8(2)9(3)17-13/h5-6H,1-4H3. The molecular formula is C13H14ClNOS. The van der Waals surface area contributed by atoms with Gasteiger partial charge >= 0.3 is 0 Å². The van der Waals surface area contributed by atoms with Gasteiger partial charge in [0, 0.05) is 9.90 Å². The smallest absolute Gasteiger partial charge is 0.132 e. The Labute approximate surface area is 110 Å². The van der Waals surface area contributed by atoms with Gasteiger partial charge < -0.3 is 4.74 Å². The Morgan fingerprint density at radius 2 is 1.94 bits per heavy atom. The molecule has 0 fully saturated rings. The Morgan fingerprint density at radius 1 is 1.24 bits per heavy atom. The molecule has 0 saturated heterocycles. The zero-order valence-corrected chi connectivity index (χ0v) is 11.9. The molecule has 1 aromatic carbocycles. The van der Waals surface area contributed by atoms with Crippen molar-refractivity contribution in [2.24, 2.45) is 0 Å². The first-order valence-corrected chi connectivity index (χ1v) is 6.51. The highest BCUT2D eigenvalue weighted by Crippen LogP contribution is 2.38. The molecule has 0 aliphatic carbocycles. The Morgan fingerprint density at radius 3 is 2.47 bits per heavy atom. The van der Waals surface area contributed by atoms with Crippen molar-refractivity contribution in [1.29, 1.82) is 0 Å². The molecule has 0 bridgehead atoms. The van der Waals surface area contributed by atoms with Crippen molar-refractivity contribution >= 4 is 22.9 Å². The summed E-state index contributed by atoms with van der Waals surface area (Å²) in [4.78, 5) is 5.77. The van der Waals surface area contributed by atoms with Crippen LogP contribution in [0.15, 0.2) is 12.1 Å². The second-order valence-electron chi connectivity index (χ2n) is 3.96. The number of halogens is 1. The molecule has 1 heterocycles. The van der Waals surface area contributed by atoms with Gasteiger partial charge in [-0.15, -0.1) is 11.3 Å². The molecule has 2 rings (SSSR count). The van der Waals surface area contributed by atoms with Crippen molar-refractivity contribution in [1.82, 2.24) is 4.98 Å². The van der Waals surface area contributed by atoms with Crippen LogP contribution in [0.2, 0.25) is 5.02 Å². The summed E-state index contributed by atoms with van der Waals surface area (Å²) in [5.74, 6) is 0.850. The van der Waals surface area contributed by atoms with Gasteiger partial charge in [0.05, 0.1) is 18.4 Å². The molecule has 0 radical (unpaired) electrons. The number of aryl methyl sites for hydroxylation is 3. The van der Waals surface area contributed by atoms with E-state index in [1.165, 1.54) is 4.88 Å². The van der Waals surface area contributed by atoms with Crippen LogP contribution < -0.4 is 4.74 Å². The van der Waals surface area contributed by atoms with Crippen LogP contribution in [-0.4, -0.2) is 12.1 Å². The van der Waals surface area contributed by atoms with E-state index in [9.17, 15) is 0 Å². The van der Waals surface area contributed by atoms with Crippen LogP contribution in [0.1, 0.15) is 16.1 Å². The summed E-state index contributed by atoms with van der Waals surface area (Å²) in [5, 5.41) is 1.67. The van der Waals surface area contributed by atoms with Crippen molar-refractivity contribution < 1.29 is 4.74 Å². The van der Waals surface area contributed by atoms with Crippen LogP contribution in [0.25, 0.3) is 10.6 Å². The summed E-state index contributed by atoms with van der Waals surface area (Å²) in [7, 11) is 1.67. The second-order valence-corrected chi connectivity index (χ2v) is 5.60. The van der Waals surface area contributed by atoms with Crippen molar-refractivity contribution in [3.05, 3.63) is 33.3 Å². The molecule has 0 N–H and O–H groups in total. The van der Waals surface area contributed by atoms with Crippen LogP contribution in [0.3, 0.4) is 0 Å². The van der Waals surface area contributed by atoms with E-state index >= 15 is 0 Å². The maximum absolute atomic E-state index is 6.10. The van der Waals surface area contributed by atoms with Gasteiger partial charge in [-0.05, 0) is 38.5 Å². The normalized spacial score (nSPS) is 10.6. The summed E-state index contributed by atoms with van der Waals surface area (Å²) in [5.41, 5.74) is 3.06. The highest BCUT2D eigenvalue weighted by Gasteiger charge is 2.14. The number of benzene rings is 1. The first-order chi connectivity index (χ1) is 8.02. The number of aromatic nitrogens is 1. The predicted molar refractivity (Wildman–Crippen MR) is 73.3 cm³/mol. The topological polar surface area (TPSA) is 22.1 Å². The lowest BCUT2D eigenvalue weighted by atomic mass is 10.1. The first-order valence-electron chi connectivity index (χ1n) is 5.31. The van der Waals surface area contributed by atoms with E-state index in [-0.39, 0.29) is 0 Å². The molecule has 0 saturated carbocycles. The fraction of sp³-hybridized carbons (Fsp3) is 0.308. The van der Waals surface area contributed by atoms with E-state index in [1.54, 1.807) is 18.4 Å². The molecule has 4 heteroatoms. The number of ether oxygens (including phenoxy) is 1. The van der Waals surface area contributed by atoms with Crippen LogP contribution in [0.4, 0.5) is 0 Å². The molecule has 0 atom stereocenters. The number of methoxy groups -OCH3 is 1. The summed E-state index contributed by atoms with van der Waals surface area (Å²) in [6.45, 7) is 6.07. The van der Waals surface area contributed by atoms with E-state index < -0.39 is 0 Å². The number of hydrogen-bond donors (Lipinski definition) is 0. The number of hydrogen-bond acceptors (Lipinski definition) is 3. The molecule has 2 nitrogen and oxygen atoms in total. The van der Waals surface area contributed by atoms with Gasteiger partial charge in [0.1, 0.15) is 10.8 Å². The lowest BCUT2D eigenvalue weighted by molar-refractivity contribution is 0.413. The minimum Gasteiger partial charge on any atom is -0.496 e. The largest absolute Gasteiger partial charge is 0.496 e. The maximum Gasteiger partial charge on any atom is 0.132 e. The molecule has 90 valence electrons. The predicted octanol–water partition coefficient (Wildman–Crippen LogP) is 4.40. The molecule has 17 heavy (non-hydrogen) atoms. The van der Waals surface area contributed by atoms with Crippen molar-refractivity contribution in [2.45, 2.75) is 20.8 Å². The third-order valence-corrected chi connectivity index (χ3v) is 4.03. The number of thiazole rings is 1. The zero-order chi connectivity index (χ0) is 12.6. The van der Waals surface area contributed by atoms with Gasteiger partial charge in [-0.25, -0.2) is 4.98 Å². The third kappa shape index (κ3) is 2.31. The lowest BCUT2D eigenvalue weighted by Gasteiger charge is -2.10. The molecule has 2 aromatic rings. The monoisotopic (exact) mass is 267 g/mol. The Bertz CT molecular complexity index is 543. The summed E-state index contributed by atoms with van der Waals surface area (Å²) in [6, 6.07) is 3.81. The SMILES string of the molecule is COc1c(C)cc(Cl)cc1-c1nc(C)c(C)s1. The van der Waals surface area contributed by atoms with Gasteiger partial charge in [-0.2, -0.15) is 0 Å². The Hall–Kier alpha value is -1.06. The van der Waals surface area contributed by atoms with Gasteiger partial charge in [0.15, 0.2) is 0 Å². The van der Waals surface area contributed by atoms with Crippen LogP contribution in [0, 0.1) is 20.8 Å².